The molecule has 0 spiro atoms. The maximum absolute atomic E-state index is 5.01. The third-order valence-corrected chi connectivity index (χ3v) is 13.8. The lowest BCUT2D eigenvalue weighted by molar-refractivity contribution is 0.125. The number of aromatic nitrogens is 4. The van der Waals surface area contributed by atoms with Crippen molar-refractivity contribution in [3.8, 4) is 62.1 Å². The van der Waals surface area contributed by atoms with Crippen molar-refractivity contribution in [3.05, 3.63) is 181 Å². The zero-order chi connectivity index (χ0) is 39.8. The largest absolute Gasteiger partial charge is 0.309 e. The molecule has 0 amide bonds. The second kappa shape index (κ2) is 13.2. The molecule has 1 aliphatic rings. The molecule has 0 radical (unpaired) electrons. The summed E-state index contributed by atoms with van der Waals surface area (Å²) in [5.41, 5.74) is 14.1. The van der Waals surface area contributed by atoms with E-state index in [9.17, 15) is 0 Å². The lowest BCUT2D eigenvalue weighted by atomic mass is 9.59. The van der Waals surface area contributed by atoms with Gasteiger partial charge >= 0.3 is 0 Å². The molecule has 0 fully saturated rings. The van der Waals surface area contributed by atoms with E-state index in [0.29, 0.717) is 17.5 Å². The van der Waals surface area contributed by atoms with Crippen LogP contribution in [0.25, 0.3) is 83.9 Å². The Hall–Kier alpha value is -6.65. The predicted molar refractivity (Wildman–Crippen MR) is 241 cm³/mol. The van der Waals surface area contributed by atoms with Gasteiger partial charge in [0, 0.05) is 33.2 Å². The van der Waals surface area contributed by atoms with E-state index in [0.717, 1.165) is 27.9 Å². The van der Waals surface area contributed by atoms with Crippen LogP contribution in [0.15, 0.2) is 170 Å². The van der Waals surface area contributed by atoms with E-state index in [1.165, 1.54) is 49.6 Å². The van der Waals surface area contributed by atoms with Crippen LogP contribution < -0.4 is 0 Å². The highest BCUT2D eigenvalue weighted by atomic mass is 15.0. The van der Waals surface area contributed by atoms with E-state index in [-0.39, 0.29) is 16.2 Å². The SMILES string of the molecule is CC1(C)c2cc(-c3ccc(-c4nc(-c5ccccc5)nc(-c5ccccc5)n4)cc3)c(-c3ccc(-n4c5ccccc5c5ccccc54)cc3)cc2C(C)(C)C1(C)C. The first-order chi connectivity index (χ1) is 28.0. The van der Waals surface area contributed by atoms with Crippen LogP contribution in [0.2, 0.25) is 0 Å². The van der Waals surface area contributed by atoms with Gasteiger partial charge in [0.15, 0.2) is 17.5 Å². The molecule has 0 atom stereocenters. The Bertz CT molecular complexity index is 2880. The van der Waals surface area contributed by atoms with E-state index in [1.807, 2.05) is 60.7 Å². The Labute approximate surface area is 340 Å². The molecule has 4 nitrogen and oxygen atoms in total. The average Bonchev–Trinajstić information content (AvgIpc) is 3.65. The van der Waals surface area contributed by atoms with Crippen molar-refractivity contribution >= 4 is 21.8 Å². The smallest absolute Gasteiger partial charge is 0.164 e. The zero-order valence-corrected chi connectivity index (χ0v) is 34.0. The number of rotatable bonds is 6. The Balaban J connectivity index is 1.11. The Morgan fingerprint density at radius 2 is 0.707 bits per heavy atom. The fraction of sp³-hybridized carbons (Fsp3) is 0.167. The summed E-state index contributed by atoms with van der Waals surface area (Å²) in [5.74, 6) is 1.97. The summed E-state index contributed by atoms with van der Waals surface area (Å²) in [6, 6.07) is 60.6. The summed E-state index contributed by atoms with van der Waals surface area (Å²) in [4.78, 5) is 14.9. The summed E-state index contributed by atoms with van der Waals surface area (Å²) in [6.45, 7) is 14.6. The number of hydrogen-bond acceptors (Lipinski definition) is 3. The van der Waals surface area contributed by atoms with Gasteiger partial charge in [0.05, 0.1) is 11.0 Å². The molecule has 2 aromatic heterocycles. The summed E-state index contributed by atoms with van der Waals surface area (Å²) >= 11 is 0. The van der Waals surface area contributed by atoms with E-state index < -0.39 is 0 Å². The van der Waals surface area contributed by atoms with Crippen LogP contribution in [-0.2, 0) is 10.8 Å². The minimum Gasteiger partial charge on any atom is -0.309 e. The van der Waals surface area contributed by atoms with E-state index in [2.05, 4.69) is 155 Å². The zero-order valence-electron chi connectivity index (χ0n) is 34.0. The second-order valence-corrected chi connectivity index (χ2v) is 17.4. The third-order valence-electron chi connectivity index (χ3n) is 13.8. The Kier molecular flexibility index (Phi) is 8.14. The van der Waals surface area contributed by atoms with Crippen LogP contribution in [0.4, 0.5) is 0 Å². The molecule has 10 rings (SSSR count). The van der Waals surface area contributed by atoms with Gasteiger partial charge in [-0.25, -0.2) is 15.0 Å². The van der Waals surface area contributed by atoms with Crippen molar-refractivity contribution < 1.29 is 0 Å². The van der Waals surface area contributed by atoms with E-state index in [1.54, 1.807) is 0 Å². The molecule has 58 heavy (non-hydrogen) atoms. The summed E-state index contributed by atoms with van der Waals surface area (Å²) < 4.78 is 2.39. The minimum atomic E-state index is -0.0357. The van der Waals surface area contributed by atoms with Crippen LogP contribution in [0.1, 0.15) is 52.7 Å². The quantitative estimate of drug-likeness (QED) is 0.170. The van der Waals surface area contributed by atoms with Gasteiger partial charge in [-0.15, -0.1) is 0 Å². The number of nitrogens with zero attached hydrogens (tertiary/aromatic N) is 4. The standard InChI is InChI=1S/C54H46N4/c1-52(2)45-33-43(35-25-27-39(28-26-35)51-56-49(37-17-9-7-10-18-37)55-50(57-51)38-19-11-8-12-20-38)44(34-46(45)53(3,4)54(52,5)6)36-29-31-40(32-30-36)58-47-23-15-13-21-41(47)42-22-14-16-24-48(42)58/h7-34H,1-6H3. The summed E-state index contributed by atoms with van der Waals surface area (Å²) in [6.07, 6.45) is 0. The molecule has 7 aromatic carbocycles. The fourth-order valence-electron chi connectivity index (χ4n) is 9.29. The molecule has 0 saturated heterocycles. The first-order valence-corrected chi connectivity index (χ1v) is 20.3. The van der Waals surface area contributed by atoms with Gasteiger partial charge < -0.3 is 4.57 Å². The van der Waals surface area contributed by atoms with E-state index in [4.69, 9.17) is 15.0 Å². The van der Waals surface area contributed by atoms with Gasteiger partial charge in [0.2, 0.25) is 0 Å². The number of fused-ring (bicyclic) bond motifs is 4. The highest BCUT2D eigenvalue weighted by Gasteiger charge is 2.57. The second-order valence-electron chi connectivity index (χ2n) is 17.4. The number of para-hydroxylation sites is 2. The molecule has 0 aliphatic heterocycles. The van der Waals surface area contributed by atoms with Crippen molar-refractivity contribution in [2.45, 2.75) is 52.4 Å². The monoisotopic (exact) mass is 750 g/mol. The van der Waals surface area contributed by atoms with Crippen LogP contribution in [0, 0.1) is 5.41 Å². The highest BCUT2D eigenvalue weighted by Crippen LogP contribution is 2.62. The topological polar surface area (TPSA) is 43.6 Å². The molecular weight excluding hydrogens is 705 g/mol. The molecular formula is C54H46N4. The van der Waals surface area contributed by atoms with E-state index >= 15 is 0 Å². The Morgan fingerprint density at radius 1 is 0.362 bits per heavy atom. The molecule has 0 unspecified atom stereocenters. The molecule has 0 bridgehead atoms. The van der Waals surface area contributed by atoms with Gasteiger partial charge in [0.25, 0.3) is 0 Å². The van der Waals surface area contributed by atoms with Crippen molar-refractivity contribution in [1.29, 1.82) is 0 Å². The van der Waals surface area contributed by atoms with Crippen molar-refractivity contribution in [2.24, 2.45) is 5.41 Å². The molecule has 0 saturated carbocycles. The van der Waals surface area contributed by atoms with Crippen LogP contribution in [0.3, 0.4) is 0 Å². The summed E-state index contributed by atoms with van der Waals surface area (Å²) in [5, 5.41) is 2.53. The first kappa shape index (κ1) is 35.7. The maximum atomic E-state index is 5.01. The number of hydrogen-bond donors (Lipinski definition) is 0. The summed E-state index contributed by atoms with van der Waals surface area (Å²) in [7, 11) is 0. The minimum absolute atomic E-state index is 0.0303. The normalized spacial score (nSPS) is 15.1. The number of benzene rings is 7. The van der Waals surface area contributed by atoms with Gasteiger partial charge in [-0.2, -0.15) is 0 Å². The highest BCUT2D eigenvalue weighted by molar-refractivity contribution is 6.09. The van der Waals surface area contributed by atoms with Crippen LogP contribution in [0.5, 0.6) is 0 Å². The van der Waals surface area contributed by atoms with Crippen LogP contribution in [-0.4, -0.2) is 19.5 Å². The molecule has 2 heterocycles. The Morgan fingerprint density at radius 3 is 1.14 bits per heavy atom. The molecule has 0 N–H and O–H groups in total. The predicted octanol–water partition coefficient (Wildman–Crippen LogP) is 13.9. The fourth-order valence-corrected chi connectivity index (χ4v) is 9.29. The first-order valence-electron chi connectivity index (χ1n) is 20.3. The molecule has 9 aromatic rings. The molecule has 1 aliphatic carbocycles. The molecule has 282 valence electrons. The lowest BCUT2D eigenvalue weighted by Gasteiger charge is -2.44. The third kappa shape index (κ3) is 5.46. The molecule has 4 heteroatoms. The average molecular weight is 751 g/mol. The van der Waals surface area contributed by atoms with Gasteiger partial charge in [-0.1, -0.05) is 175 Å². The van der Waals surface area contributed by atoms with Gasteiger partial charge in [-0.05, 0) is 86.0 Å². The van der Waals surface area contributed by atoms with Crippen molar-refractivity contribution in [2.75, 3.05) is 0 Å². The van der Waals surface area contributed by atoms with Crippen molar-refractivity contribution in [1.82, 2.24) is 19.5 Å². The lowest BCUT2D eigenvalue weighted by Crippen LogP contribution is -2.42. The maximum Gasteiger partial charge on any atom is 0.164 e. The van der Waals surface area contributed by atoms with Crippen LogP contribution >= 0.6 is 0 Å². The van der Waals surface area contributed by atoms with Crippen molar-refractivity contribution in [3.63, 3.8) is 0 Å². The van der Waals surface area contributed by atoms with Gasteiger partial charge in [-0.3, -0.25) is 0 Å². The van der Waals surface area contributed by atoms with Gasteiger partial charge in [0.1, 0.15) is 0 Å².